The molecule has 96 valence electrons. The summed E-state index contributed by atoms with van der Waals surface area (Å²) in [6.07, 6.45) is 10.1. The summed E-state index contributed by atoms with van der Waals surface area (Å²) in [5, 5.41) is 8.13. The average molecular weight is 235 g/mol. The minimum atomic E-state index is 0.699. The molecule has 0 bridgehead atoms. The SMILES string of the molecule is CCNC(CCc1ccn(C)n1)C1CCCC1. The molecule has 3 nitrogen and oxygen atoms in total. The molecule has 0 aromatic carbocycles. The van der Waals surface area contributed by atoms with Gasteiger partial charge in [0.1, 0.15) is 0 Å². The van der Waals surface area contributed by atoms with Gasteiger partial charge < -0.3 is 5.32 Å². The van der Waals surface area contributed by atoms with Gasteiger partial charge in [0.15, 0.2) is 0 Å². The number of nitrogens with zero attached hydrogens (tertiary/aromatic N) is 2. The fourth-order valence-electron chi connectivity index (χ4n) is 3.03. The molecule has 1 saturated carbocycles. The minimum Gasteiger partial charge on any atom is -0.314 e. The zero-order valence-electron chi connectivity index (χ0n) is 11.2. The Morgan fingerprint density at radius 2 is 2.24 bits per heavy atom. The molecule has 0 saturated heterocycles. The van der Waals surface area contributed by atoms with Gasteiger partial charge in [0, 0.05) is 19.3 Å². The molecule has 0 amide bonds. The Hall–Kier alpha value is -0.830. The molecule has 1 aromatic heterocycles. The van der Waals surface area contributed by atoms with E-state index in [4.69, 9.17) is 0 Å². The van der Waals surface area contributed by atoms with E-state index in [0.29, 0.717) is 6.04 Å². The second-order valence-electron chi connectivity index (χ2n) is 5.23. The zero-order valence-corrected chi connectivity index (χ0v) is 11.2. The van der Waals surface area contributed by atoms with Gasteiger partial charge in [0.05, 0.1) is 5.69 Å². The van der Waals surface area contributed by atoms with Crippen LogP contribution in [0.3, 0.4) is 0 Å². The topological polar surface area (TPSA) is 29.9 Å². The summed E-state index contributed by atoms with van der Waals surface area (Å²) in [5.74, 6) is 0.902. The Kier molecular flexibility index (Phi) is 4.60. The predicted octanol–water partition coefficient (Wildman–Crippen LogP) is 2.52. The van der Waals surface area contributed by atoms with Crippen LogP contribution in [-0.2, 0) is 13.5 Å². The first kappa shape index (κ1) is 12.6. The predicted molar refractivity (Wildman–Crippen MR) is 71.0 cm³/mol. The van der Waals surface area contributed by atoms with Crippen LogP contribution in [0.25, 0.3) is 0 Å². The fraction of sp³-hybridized carbons (Fsp3) is 0.786. The van der Waals surface area contributed by atoms with Crippen LogP contribution in [0, 0.1) is 5.92 Å². The van der Waals surface area contributed by atoms with Crippen molar-refractivity contribution in [2.24, 2.45) is 13.0 Å². The van der Waals surface area contributed by atoms with Gasteiger partial charge >= 0.3 is 0 Å². The molecule has 17 heavy (non-hydrogen) atoms. The van der Waals surface area contributed by atoms with Crippen LogP contribution < -0.4 is 5.32 Å². The Balaban J connectivity index is 1.84. The lowest BCUT2D eigenvalue weighted by atomic mass is 9.93. The molecule has 1 unspecified atom stereocenters. The third-order valence-corrected chi connectivity index (χ3v) is 3.92. The maximum atomic E-state index is 4.46. The summed E-state index contributed by atoms with van der Waals surface area (Å²) >= 11 is 0. The van der Waals surface area contributed by atoms with Crippen molar-refractivity contribution in [2.75, 3.05) is 6.54 Å². The fourth-order valence-corrected chi connectivity index (χ4v) is 3.03. The largest absolute Gasteiger partial charge is 0.314 e. The van der Waals surface area contributed by atoms with Gasteiger partial charge in [-0.15, -0.1) is 0 Å². The third kappa shape index (κ3) is 3.56. The number of hydrogen-bond acceptors (Lipinski definition) is 2. The van der Waals surface area contributed by atoms with E-state index < -0.39 is 0 Å². The van der Waals surface area contributed by atoms with Crippen LogP contribution in [0.1, 0.15) is 44.7 Å². The van der Waals surface area contributed by atoms with E-state index in [-0.39, 0.29) is 0 Å². The quantitative estimate of drug-likeness (QED) is 0.821. The van der Waals surface area contributed by atoms with Crippen molar-refractivity contribution >= 4 is 0 Å². The molecule has 1 heterocycles. The molecule has 0 radical (unpaired) electrons. The highest BCUT2D eigenvalue weighted by Crippen LogP contribution is 2.29. The van der Waals surface area contributed by atoms with Crippen molar-refractivity contribution in [1.29, 1.82) is 0 Å². The Morgan fingerprint density at radius 1 is 1.47 bits per heavy atom. The van der Waals surface area contributed by atoms with Crippen molar-refractivity contribution < 1.29 is 0 Å². The Labute approximate surface area is 105 Å². The lowest BCUT2D eigenvalue weighted by Crippen LogP contribution is -2.35. The summed E-state index contributed by atoms with van der Waals surface area (Å²) in [6, 6.07) is 2.84. The molecule has 1 N–H and O–H groups in total. The van der Waals surface area contributed by atoms with Gasteiger partial charge in [-0.25, -0.2) is 0 Å². The molecule has 1 aromatic rings. The van der Waals surface area contributed by atoms with Crippen LogP contribution in [0.5, 0.6) is 0 Å². The highest BCUT2D eigenvalue weighted by Gasteiger charge is 2.24. The molecule has 1 fully saturated rings. The van der Waals surface area contributed by atoms with Gasteiger partial charge in [-0.05, 0) is 44.2 Å². The molecule has 1 aliphatic carbocycles. The number of nitrogens with one attached hydrogen (secondary N) is 1. The van der Waals surface area contributed by atoms with Crippen molar-refractivity contribution in [3.63, 3.8) is 0 Å². The van der Waals surface area contributed by atoms with Gasteiger partial charge in [0.2, 0.25) is 0 Å². The normalized spacial score (nSPS) is 18.7. The maximum Gasteiger partial charge on any atom is 0.0625 e. The van der Waals surface area contributed by atoms with Crippen molar-refractivity contribution in [2.45, 2.75) is 51.5 Å². The number of aryl methyl sites for hydroxylation is 2. The smallest absolute Gasteiger partial charge is 0.0625 e. The third-order valence-electron chi connectivity index (χ3n) is 3.92. The summed E-state index contributed by atoms with van der Waals surface area (Å²) in [5.41, 5.74) is 1.23. The molecule has 1 atom stereocenters. The van der Waals surface area contributed by atoms with Crippen LogP contribution in [-0.4, -0.2) is 22.4 Å². The van der Waals surface area contributed by atoms with Crippen molar-refractivity contribution in [1.82, 2.24) is 15.1 Å². The van der Waals surface area contributed by atoms with E-state index in [0.717, 1.165) is 18.9 Å². The summed E-state index contributed by atoms with van der Waals surface area (Å²) in [6.45, 7) is 3.30. The highest BCUT2D eigenvalue weighted by atomic mass is 15.2. The first-order valence-corrected chi connectivity index (χ1v) is 7.01. The van der Waals surface area contributed by atoms with E-state index in [1.807, 2.05) is 17.9 Å². The lowest BCUT2D eigenvalue weighted by Gasteiger charge is -2.23. The molecular formula is C14H25N3. The molecule has 2 rings (SSSR count). The number of hydrogen-bond donors (Lipinski definition) is 1. The van der Waals surface area contributed by atoms with Crippen LogP contribution in [0.2, 0.25) is 0 Å². The molecule has 0 spiro atoms. The van der Waals surface area contributed by atoms with Gasteiger partial charge in [-0.2, -0.15) is 5.10 Å². The van der Waals surface area contributed by atoms with E-state index in [1.165, 1.54) is 37.8 Å². The molecule has 0 aliphatic heterocycles. The molecular weight excluding hydrogens is 210 g/mol. The van der Waals surface area contributed by atoms with Gasteiger partial charge in [-0.3, -0.25) is 4.68 Å². The summed E-state index contributed by atoms with van der Waals surface area (Å²) in [7, 11) is 1.99. The first-order chi connectivity index (χ1) is 8.29. The standard InChI is InChI=1S/C14H25N3/c1-3-15-14(12-6-4-5-7-12)9-8-13-10-11-17(2)16-13/h10-12,14-15H,3-9H2,1-2H3. The van der Waals surface area contributed by atoms with Crippen LogP contribution in [0.4, 0.5) is 0 Å². The monoisotopic (exact) mass is 235 g/mol. The number of aromatic nitrogens is 2. The summed E-state index contributed by atoms with van der Waals surface area (Å²) in [4.78, 5) is 0. The number of rotatable bonds is 6. The lowest BCUT2D eigenvalue weighted by molar-refractivity contribution is 0.345. The molecule has 1 aliphatic rings. The van der Waals surface area contributed by atoms with Gasteiger partial charge in [0.25, 0.3) is 0 Å². The minimum absolute atomic E-state index is 0.699. The molecule has 3 heteroatoms. The second-order valence-corrected chi connectivity index (χ2v) is 5.23. The van der Waals surface area contributed by atoms with E-state index in [2.05, 4.69) is 23.4 Å². The summed E-state index contributed by atoms with van der Waals surface area (Å²) < 4.78 is 1.90. The van der Waals surface area contributed by atoms with E-state index in [9.17, 15) is 0 Å². The van der Waals surface area contributed by atoms with Gasteiger partial charge in [-0.1, -0.05) is 19.8 Å². The van der Waals surface area contributed by atoms with Crippen molar-refractivity contribution in [3.05, 3.63) is 18.0 Å². The van der Waals surface area contributed by atoms with E-state index in [1.54, 1.807) is 0 Å². The highest BCUT2D eigenvalue weighted by molar-refractivity contribution is 4.99. The maximum absolute atomic E-state index is 4.46. The van der Waals surface area contributed by atoms with Crippen molar-refractivity contribution in [3.8, 4) is 0 Å². The first-order valence-electron chi connectivity index (χ1n) is 7.01. The average Bonchev–Trinajstić information content (AvgIpc) is 2.95. The van der Waals surface area contributed by atoms with E-state index >= 15 is 0 Å². The Morgan fingerprint density at radius 3 is 2.82 bits per heavy atom. The zero-order chi connectivity index (χ0) is 12.1. The Bertz CT molecular complexity index is 326. The van der Waals surface area contributed by atoms with Crippen LogP contribution >= 0.6 is 0 Å². The second kappa shape index (κ2) is 6.20. The van der Waals surface area contributed by atoms with Crippen LogP contribution in [0.15, 0.2) is 12.3 Å².